The topological polar surface area (TPSA) is 88.5 Å². The van der Waals surface area contributed by atoms with Gasteiger partial charge in [-0.3, -0.25) is 4.79 Å². The van der Waals surface area contributed by atoms with Gasteiger partial charge in [-0.05, 0) is 36.2 Å². The molecular formula is C29H28ClFN2O6. The van der Waals surface area contributed by atoms with Gasteiger partial charge < -0.3 is 29.1 Å². The summed E-state index contributed by atoms with van der Waals surface area (Å²) in [7, 11) is 1.56. The zero-order chi connectivity index (χ0) is 27.7. The number of rotatable bonds is 6. The Balaban J connectivity index is 1.48. The van der Waals surface area contributed by atoms with E-state index in [1.807, 2.05) is 17.9 Å². The fourth-order valence-corrected chi connectivity index (χ4v) is 5.26. The van der Waals surface area contributed by atoms with Crippen molar-refractivity contribution in [1.82, 2.24) is 4.90 Å². The van der Waals surface area contributed by atoms with E-state index in [9.17, 15) is 14.7 Å². The molecule has 204 valence electrons. The molecule has 0 radical (unpaired) electrons. The number of benzene rings is 3. The van der Waals surface area contributed by atoms with Gasteiger partial charge in [-0.2, -0.15) is 0 Å². The maximum atomic E-state index is 15.4. The van der Waals surface area contributed by atoms with Gasteiger partial charge in [0.15, 0.2) is 6.73 Å². The molecule has 0 aromatic heterocycles. The molecule has 0 bridgehead atoms. The Hall–Kier alpha value is -3.82. The largest absolute Gasteiger partial charge is 0.496 e. The highest BCUT2D eigenvalue weighted by Gasteiger charge is 2.29. The van der Waals surface area contributed by atoms with Gasteiger partial charge in [-0.1, -0.05) is 36.7 Å². The van der Waals surface area contributed by atoms with Crippen LogP contribution >= 0.6 is 11.6 Å². The third kappa shape index (κ3) is 5.12. The van der Waals surface area contributed by atoms with Gasteiger partial charge in [-0.25, -0.2) is 9.18 Å². The van der Waals surface area contributed by atoms with Crippen LogP contribution in [-0.4, -0.2) is 62.0 Å². The second kappa shape index (κ2) is 11.1. The summed E-state index contributed by atoms with van der Waals surface area (Å²) in [5.74, 6) is -1.09. The third-order valence-electron chi connectivity index (χ3n) is 7.05. The Kier molecular flexibility index (Phi) is 7.63. The molecule has 0 aliphatic carbocycles. The van der Waals surface area contributed by atoms with Crippen LogP contribution in [0.1, 0.15) is 38.8 Å². The molecule has 0 spiro atoms. The first-order chi connectivity index (χ1) is 18.8. The van der Waals surface area contributed by atoms with E-state index in [1.54, 1.807) is 37.4 Å². The Labute approximate surface area is 230 Å². The second-order valence-corrected chi connectivity index (χ2v) is 9.73. The maximum absolute atomic E-state index is 15.4. The van der Waals surface area contributed by atoms with Crippen molar-refractivity contribution in [1.29, 1.82) is 0 Å². The number of aryl methyl sites for hydroxylation is 1. The molecule has 3 aromatic rings. The van der Waals surface area contributed by atoms with Crippen LogP contribution < -0.4 is 14.4 Å². The van der Waals surface area contributed by atoms with E-state index in [0.29, 0.717) is 66.6 Å². The number of carbonyl (C=O) groups is 2. The highest BCUT2D eigenvalue weighted by molar-refractivity contribution is 6.34. The lowest BCUT2D eigenvalue weighted by molar-refractivity contribution is 0.0515. The van der Waals surface area contributed by atoms with Crippen LogP contribution in [0.3, 0.4) is 0 Å². The molecule has 0 atom stereocenters. The number of nitrogens with zero attached hydrogens (tertiary/aromatic N) is 2. The number of halogens is 2. The summed E-state index contributed by atoms with van der Waals surface area (Å²) in [6, 6.07) is 11.3. The maximum Gasteiger partial charge on any atom is 0.337 e. The molecule has 39 heavy (non-hydrogen) atoms. The zero-order valence-corrected chi connectivity index (χ0v) is 22.4. The molecule has 10 heteroatoms. The number of carboxylic acid groups (broad SMARTS) is 1. The van der Waals surface area contributed by atoms with Gasteiger partial charge >= 0.3 is 5.97 Å². The summed E-state index contributed by atoms with van der Waals surface area (Å²) >= 11 is 6.42. The minimum atomic E-state index is -1.20. The molecule has 1 amide bonds. The zero-order valence-electron chi connectivity index (χ0n) is 21.6. The Morgan fingerprint density at radius 3 is 2.56 bits per heavy atom. The minimum Gasteiger partial charge on any atom is -0.496 e. The Morgan fingerprint density at radius 1 is 1.10 bits per heavy atom. The predicted octanol–water partition coefficient (Wildman–Crippen LogP) is 5.24. The fraction of sp³-hybridized carbons (Fsp3) is 0.310. The van der Waals surface area contributed by atoms with Crippen molar-refractivity contribution in [3.63, 3.8) is 0 Å². The number of morpholine rings is 1. The molecular weight excluding hydrogens is 527 g/mol. The number of carbonyl (C=O) groups excluding carboxylic acids is 1. The first kappa shape index (κ1) is 26.8. The second-order valence-electron chi connectivity index (χ2n) is 9.32. The number of hydrogen-bond acceptors (Lipinski definition) is 6. The monoisotopic (exact) mass is 554 g/mol. The number of anilines is 1. The first-order valence-corrected chi connectivity index (χ1v) is 13.0. The van der Waals surface area contributed by atoms with E-state index in [1.165, 1.54) is 4.90 Å². The number of fused-ring (bicyclic) bond motifs is 1. The number of aromatic carboxylic acids is 1. The van der Waals surface area contributed by atoms with Crippen LogP contribution in [-0.2, 0) is 17.7 Å². The lowest BCUT2D eigenvalue weighted by Crippen LogP contribution is -2.37. The fourth-order valence-electron chi connectivity index (χ4n) is 5.02. The predicted molar refractivity (Wildman–Crippen MR) is 145 cm³/mol. The molecule has 8 nitrogen and oxygen atoms in total. The van der Waals surface area contributed by atoms with E-state index in [2.05, 4.69) is 0 Å². The van der Waals surface area contributed by atoms with Crippen LogP contribution in [0, 0.1) is 5.82 Å². The van der Waals surface area contributed by atoms with Crippen molar-refractivity contribution in [2.45, 2.75) is 19.9 Å². The highest BCUT2D eigenvalue weighted by atomic mass is 35.5. The quantitative estimate of drug-likeness (QED) is 0.445. The summed E-state index contributed by atoms with van der Waals surface area (Å²) in [6.07, 6.45) is 0.669. The third-order valence-corrected chi connectivity index (χ3v) is 7.36. The van der Waals surface area contributed by atoms with Crippen LogP contribution in [0.15, 0.2) is 42.5 Å². The lowest BCUT2D eigenvalue weighted by atomic mass is 9.97. The molecule has 0 unspecified atom stereocenters. The molecule has 0 saturated carbocycles. The summed E-state index contributed by atoms with van der Waals surface area (Å²) in [6.45, 7) is 4.05. The number of amides is 1. The molecule has 2 aliphatic heterocycles. The van der Waals surface area contributed by atoms with Crippen molar-refractivity contribution < 1.29 is 33.3 Å². The van der Waals surface area contributed by atoms with Crippen molar-refractivity contribution in [2.24, 2.45) is 0 Å². The molecule has 1 fully saturated rings. The SMILES string of the molecule is CCc1cc(C(=O)N2COc3c(cccc3-c3cc(N4CCOCC4)c(C(=O)O)cc3F)C2)c(Cl)cc1OC. The minimum absolute atomic E-state index is 0.0577. The van der Waals surface area contributed by atoms with Gasteiger partial charge in [0, 0.05) is 29.8 Å². The average molecular weight is 555 g/mol. The normalized spacial score (nSPS) is 15.0. The number of carboxylic acids is 1. The number of hydrogen-bond donors (Lipinski definition) is 1. The van der Waals surface area contributed by atoms with Crippen molar-refractivity contribution >= 4 is 29.2 Å². The van der Waals surface area contributed by atoms with Crippen LogP contribution in [0.2, 0.25) is 5.02 Å². The summed E-state index contributed by atoms with van der Waals surface area (Å²) in [5, 5.41) is 10.0. The standard InChI is InChI=1S/C29H28ClFN2O6/c1-3-17-11-21(23(30)14-26(17)37-2)28(34)33-15-18-5-4-6-19(27(18)39-16-33)20-13-25(32-7-9-38-10-8-32)22(29(35)36)12-24(20)31/h4-6,11-14H,3,7-10,15-16H2,1-2H3,(H,35,36). The average Bonchev–Trinajstić information content (AvgIpc) is 2.96. The van der Waals surface area contributed by atoms with Gasteiger partial charge in [0.2, 0.25) is 0 Å². The van der Waals surface area contributed by atoms with Crippen molar-refractivity contribution in [3.05, 3.63) is 75.6 Å². The number of ether oxygens (including phenoxy) is 3. The molecule has 2 aliphatic rings. The molecule has 3 aromatic carbocycles. The molecule has 1 N–H and O–H groups in total. The number of para-hydroxylation sites is 1. The Bertz CT molecular complexity index is 1440. The van der Waals surface area contributed by atoms with Gasteiger partial charge in [0.05, 0.1) is 48.7 Å². The van der Waals surface area contributed by atoms with Crippen LogP contribution in [0.4, 0.5) is 10.1 Å². The van der Waals surface area contributed by atoms with E-state index in [-0.39, 0.29) is 35.3 Å². The van der Waals surface area contributed by atoms with E-state index >= 15 is 4.39 Å². The summed E-state index contributed by atoms with van der Waals surface area (Å²) < 4.78 is 32.2. The Morgan fingerprint density at radius 2 is 1.87 bits per heavy atom. The van der Waals surface area contributed by atoms with Crippen LogP contribution in [0.25, 0.3) is 11.1 Å². The van der Waals surface area contributed by atoms with Gasteiger partial charge in [-0.15, -0.1) is 0 Å². The summed E-state index contributed by atoms with van der Waals surface area (Å²) in [5.41, 5.74) is 2.94. The summed E-state index contributed by atoms with van der Waals surface area (Å²) in [4.78, 5) is 28.7. The van der Waals surface area contributed by atoms with E-state index < -0.39 is 11.8 Å². The van der Waals surface area contributed by atoms with E-state index in [0.717, 1.165) is 11.6 Å². The van der Waals surface area contributed by atoms with Gasteiger partial charge in [0.25, 0.3) is 5.91 Å². The highest BCUT2D eigenvalue weighted by Crippen LogP contribution is 2.40. The van der Waals surface area contributed by atoms with Crippen molar-refractivity contribution in [2.75, 3.05) is 45.0 Å². The molecule has 5 rings (SSSR count). The lowest BCUT2D eigenvalue weighted by Gasteiger charge is -2.32. The van der Waals surface area contributed by atoms with E-state index in [4.69, 9.17) is 25.8 Å². The first-order valence-electron chi connectivity index (χ1n) is 12.6. The smallest absolute Gasteiger partial charge is 0.337 e. The molecule has 1 saturated heterocycles. The van der Waals surface area contributed by atoms with Crippen LogP contribution in [0.5, 0.6) is 11.5 Å². The van der Waals surface area contributed by atoms with Crippen molar-refractivity contribution in [3.8, 4) is 22.6 Å². The number of methoxy groups -OCH3 is 1. The van der Waals surface area contributed by atoms with Gasteiger partial charge in [0.1, 0.15) is 17.3 Å². The molecule has 2 heterocycles.